The van der Waals surface area contributed by atoms with Gasteiger partial charge in [-0.2, -0.15) is 0 Å². The van der Waals surface area contributed by atoms with Crippen LogP contribution in [0.1, 0.15) is 31.9 Å². The number of hydrogen-bond acceptors (Lipinski definition) is 3. The molecule has 1 aliphatic rings. The fourth-order valence-electron chi connectivity index (χ4n) is 1.96. The molecular weight excluding hydrogens is 204 g/mol. The number of nitrogen functional groups attached to an aromatic ring is 1. The highest BCUT2D eigenvalue weighted by atomic mass is 16.6. The Morgan fingerprint density at radius 2 is 2.25 bits per heavy atom. The maximum atomic E-state index is 11.7. The minimum Gasteiger partial charge on any atom is -0.441 e. The van der Waals surface area contributed by atoms with Gasteiger partial charge in [-0.15, -0.1) is 0 Å². The van der Waals surface area contributed by atoms with Crippen LogP contribution in [0.3, 0.4) is 0 Å². The number of hydrogen-bond donors (Lipinski definition) is 1. The monoisotopic (exact) mass is 220 g/mol. The molecule has 16 heavy (non-hydrogen) atoms. The Morgan fingerprint density at radius 1 is 1.50 bits per heavy atom. The summed E-state index contributed by atoms with van der Waals surface area (Å²) < 4.78 is 5.26. The van der Waals surface area contributed by atoms with Crippen LogP contribution in [0.2, 0.25) is 0 Å². The zero-order valence-corrected chi connectivity index (χ0v) is 9.56. The quantitative estimate of drug-likeness (QED) is 0.779. The van der Waals surface area contributed by atoms with Crippen LogP contribution < -0.4 is 10.6 Å². The summed E-state index contributed by atoms with van der Waals surface area (Å²) in [7, 11) is 0. The van der Waals surface area contributed by atoms with Gasteiger partial charge in [-0.05, 0) is 31.5 Å². The molecule has 1 aliphatic heterocycles. The Balaban J connectivity index is 2.46. The second-order valence-electron chi connectivity index (χ2n) is 4.00. The van der Waals surface area contributed by atoms with E-state index in [0.29, 0.717) is 12.2 Å². The predicted octanol–water partition coefficient (Wildman–Crippen LogP) is 2.70. The normalized spacial score (nSPS) is 19.2. The SMILES string of the molecule is CCCN1C(=O)OC(C)c2cc(N)ccc21. The van der Waals surface area contributed by atoms with Crippen LogP contribution in [-0.2, 0) is 4.74 Å². The molecular formula is C12H16N2O2. The molecule has 1 atom stereocenters. The third-order valence-corrected chi connectivity index (χ3v) is 2.73. The first-order valence-electron chi connectivity index (χ1n) is 5.51. The molecule has 0 aliphatic carbocycles. The third kappa shape index (κ3) is 1.71. The van der Waals surface area contributed by atoms with E-state index in [9.17, 15) is 4.79 Å². The van der Waals surface area contributed by atoms with Crippen LogP contribution in [0, 0.1) is 0 Å². The molecule has 1 heterocycles. The number of amides is 1. The molecule has 86 valence electrons. The van der Waals surface area contributed by atoms with Crippen LogP contribution in [0.4, 0.5) is 16.2 Å². The maximum absolute atomic E-state index is 11.7. The summed E-state index contributed by atoms with van der Waals surface area (Å²) in [5, 5.41) is 0. The minimum absolute atomic E-state index is 0.223. The highest BCUT2D eigenvalue weighted by Crippen LogP contribution is 2.35. The number of benzene rings is 1. The molecule has 2 rings (SSSR count). The van der Waals surface area contributed by atoms with E-state index in [-0.39, 0.29) is 12.2 Å². The van der Waals surface area contributed by atoms with E-state index < -0.39 is 0 Å². The van der Waals surface area contributed by atoms with Crippen LogP contribution in [0.15, 0.2) is 18.2 Å². The van der Waals surface area contributed by atoms with Crippen LogP contribution in [0.5, 0.6) is 0 Å². The zero-order chi connectivity index (χ0) is 11.7. The Hall–Kier alpha value is -1.71. The average molecular weight is 220 g/mol. The van der Waals surface area contributed by atoms with Gasteiger partial charge in [0.15, 0.2) is 0 Å². The summed E-state index contributed by atoms with van der Waals surface area (Å²) in [5.74, 6) is 0. The molecule has 1 amide bonds. The van der Waals surface area contributed by atoms with Gasteiger partial charge in [0.05, 0.1) is 5.69 Å². The Bertz CT molecular complexity index is 417. The smallest absolute Gasteiger partial charge is 0.414 e. The van der Waals surface area contributed by atoms with Crippen molar-refractivity contribution in [3.8, 4) is 0 Å². The van der Waals surface area contributed by atoms with Crippen molar-refractivity contribution in [2.75, 3.05) is 17.2 Å². The standard InChI is InChI=1S/C12H16N2O2/c1-3-6-14-11-5-4-9(13)7-10(11)8(2)16-12(14)15/h4-5,7-8H,3,6,13H2,1-2H3. The molecule has 4 heteroatoms. The highest BCUT2D eigenvalue weighted by Gasteiger charge is 2.29. The summed E-state index contributed by atoms with van der Waals surface area (Å²) in [6.45, 7) is 4.56. The molecule has 0 radical (unpaired) electrons. The zero-order valence-electron chi connectivity index (χ0n) is 9.56. The average Bonchev–Trinajstić information content (AvgIpc) is 2.24. The molecule has 2 N–H and O–H groups in total. The first-order chi connectivity index (χ1) is 7.63. The molecule has 0 aromatic heterocycles. The van der Waals surface area contributed by atoms with Gasteiger partial charge >= 0.3 is 6.09 Å². The summed E-state index contributed by atoms with van der Waals surface area (Å²) in [6.07, 6.45) is 0.401. The number of nitrogens with zero attached hydrogens (tertiary/aromatic N) is 1. The van der Waals surface area contributed by atoms with Crippen molar-refractivity contribution < 1.29 is 9.53 Å². The number of ether oxygens (including phenoxy) is 1. The molecule has 1 unspecified atom stereocenters. The Morgan fingerprint density at radius 3 is 2.94 bits per heavy atom. The lowest BCUT2D eigenvalue weighted by Crippen LogP contribution is -2.37. The summed E-state index contributed by atoms with van der Waals surface area (Å²) >= 11 is 0. The predicted molar refractivity (Wildman–Crippen MR) is 63.4 cm³/mol. The van der Waals surface area contributed by atoms with Gasteiger partial charge in [0, 0.05) is 17.8 Å². The summed E-state index contributed by atoms with van der Waals surface area (Å²) in [6, 6.07) is 5.57. The highest BCUT2D eigenvalue weighted by molar-refractivity contribution is 5.91. The van der Waals surface area contributed by atoms with Crippen LogP contribution in [0.25, 0.3) is 0 Å². The van der Waals surface area contributed by atoms with Gasteiger partial charge < -0.3 is 10.5 Å². The fourth-order valence-corrected chi connectivity index (χ4v) is 1.96. The van der Waals surface area contributed by atoms with E-state index in [1.807, 2.05) is 32.0 Å². The van der Waals surface area contributed by atoms with Gasteiger partial charge in [0.25, 0.3) is 0 Å². The van der Waals surface area contributed by atoms with Crippen molar-refractivity contribution in [2.24, 2.45) is 0 Å². The van der Waals surface area contributed by atoms with E-state index in [2.05, 4.69) is 0 Å². The molecule has 0 fully saturated rings. The topological polar surface area (TPSA) is 55.6 Å². The van der Waals surface area contributed by atoms with Crippen molar-refractivity contribution >= 4 is 17.5 Å². The van der Waals surface area contributed by atoms with Crippen molar-refractivity contribution in [3.63, 3.8) is 0 Å². The minimum atomic E-state index is -0.272. The van der Waals surface area contributed by atoms with Crippen molar-refractivity contribution in [2.45, 2.75) is 26.4 Å². The molecule has 1 aromatic carbocycles. The third-order valence-electron chi connectivity index (χ3n) is 2.73. The number of anilines is 2. The maximum Gasteiger partial charge on any atom is 0.414 e. The lowest BCUT2D eigenvalue weighted by Gasteiger charge is -2.32. The second-order valence-corrected chi connectivity index (χ2v) is 4.00. The van der Waals surface area contributed by atoms with E-state index >= 15 is 0 Å². The first-order valence-corrected chi connectivity index (χ1v) is 5.51. The first kappa shape index (κ1) is 10.8. The second kappa shape index (κ2) is 4.04. The number of carbonyl (C=O) groups excluding carboxylic acids is 1. The number of rotatable bonds is 2. The lowest BCUT2D eigenvalue weighted by molar-refractivity contribution is 0.108. The Kier molecular flexibility index (Phi) is 2.73. The molecule has 4 nitrogen and oxygen atoms in total. The van der Waals surface area contributed by atoms with Gasteiger partial charge in [-0.25, -0.2) is 4.79 Å². The van der Waals surface area contributed by atoms with E-state index in [0.717, 1.165) is 17.7 Å². The van der Waals surface area contributed by atoms with Crippen LogP contribution >= 0.6 is 0 Å². The fraction of sp³-hybridized carbons (Fsp3) is 0.417. The van der Waals surface area contributed by atoms with E-state index in [1.165, 1.54) is 0 Å². The summed E-state index contributed by atoms with van der Waals surface area (Å²) in [4.78, 5) is 13.4. The Labute approximate surface area is 95.0 Å². The van der Waals surface area contributed by atoms with E-state index in [1.54, 1.807) is 4.90 Å². The largest absolute Gasteiger partial charge is 0.441 e. The number of carbonyl (C=O) groups is 1. The van der Waals surface area contributed by atoms with Gasteiger partial charge in [0.2, 0.25) is 0 Å². The lowest BCUT2D eigenvalue weighted by atomic mass is 10.0. The number of fused-ring (bicyclic) bond motifs is 1. The van der Waals surface area contributed by atoms with Gasteiger partial charge in [-0.3, -0.25) is 4.90 Å². The van der Waals surface area contributed by atoms with Gasteiger partial charge in [-0.1, -0.05) is 6.92 Å². The number of cyclic esters (lactones) is 1. The molecule has 0 saturated heterocycles. The summed E-state index contributed by atoms with van der Waals surface area (Å²) in [5.41, 5.74) is 8.33. The molecule has 0 spiro atoms. The van der Waals surface area contributed by atoms with Gasteiger partial charge in [0.1, 0.15) is 6.10 Å². The molecule has 0 bridgehead atoms. The van der Waals surface area contributed by atoms with Crippen molar-refractivity contribution in [1.82, 2.24) is 0 Å². The van der Waals surface area contributed by atoms with E-state index in [4.69, 9.17) is 10.5 Å². The molecule has 0 saturated carbocycles. The number of nitrogens with two attached hydrogens (primary N) is 1. The van der Waals surface area contributed by atoms with Crippen molar-refractivity contribution in [3.05, 3.63) is 23.8 Å². The van der Waals surface area contributed by atoms with Crippen LogP contribution in [-0.4, -0.2) is 12.6 Å². The van der Waals surface area contributed by atoms with Crippen molar-refractivity contribution in [1.29, 1.82) is 0 Å². The molecule has 1 aromatic rings.